The van der Waals surface area contributed by atoms with E-state index in [1.807, 2.05) is 0 Å². The summed E-state index contributed by atoms with van der Waals surface area (Å²) in [5.41, 5.74) is 3.04. The van der Waals surface area contributed by atoms with E-state index in [0.717, 1.165) is 0 Å². The van der Waals surface area contributed by atoms with Gasteiger partial charge in [0.2, 0.25) is 0 Å². The second kappa shape index (κ2) is 9.87. The molecule has 0 bridgehead atoms. The van der Waals surface area contributed by atoms with Crippen molar-refractivity contribution in [2.45, 2.75) is 36.0 Å². The Morgan fingerprint density at radius 1 is 0.700 bits per heavy atom. The molecule has 0 amide bonds. The van der Waals surface area contributed by atoms with Gasteiger partial charge in [-0.1, -0.05) is 25.5 Å². The molecule has 0 saturated carbocycles. The summed E-state index contributed by atoms with van der Waals surface area (Å²) in [7, 11) is 2.36. The second-order valence-corrected chi connectivity index (χ2v) is 8.98. The van der Waals surface area contributed by atoms with E-state index in [2.05, 4.69) is 67.9 Å². The van der Waals surface area contributed by atoms with Gasteiger partial charge in [0.15, 0.2) is 0 Å². The van der Waals surface area contributed by atoms with Crippen LogP contribution in [0.2, 0.25) is 12.6 Å². The molecule has 1 radical (unpaired) electrons. The summed E-state index contributed by atoms with van der Waals surface area (Å²) in [5.74, 6) is 0. The van der Waals surface area contributed by atoms with E-state index in [0.29, 0.717) is 0 Å². The van der Waals surface area contributed by atoms with Gasteiger partial charge in [-0.15, -0.1) is 0 Å². The van der Waals surface area contributed by atoms with Crippen molar-refractivity contribution in [1.82, 2.24) is 0 Å². The van der Waals surface area contributed by atoms with Gasteiger partial charge in [-0.2, -0.15) is 0 Å². The molecule has 20 heavy (non-hydrogen) atoms. The summed E-state index contributed by atoms with van der Waals surface area (Å²) >= 11 is -0.411. The van der Waals surface area contributed by atoms with Crippen molar-refractivity contribution in [1.29, 1.82) is 0 Å². The first-order valence-corrected chi connectivity index (χ1v) is 12.0. The molecule has 2 aromatic rings. The zero-order chi connectivity index (χ0) is 13.9. The van der Waals surface area contributed by atoms with E-state index in [4.69, 9.17) is 0 Å². The molecule has 0 aliphatic carbocycles. The summed E-state index contributed by atoms with van der Waals surface area (Å²) in [4.78, 5) is 0. The van der Waals surface area contributed by atoms with Crippen molar-refractivity contribution < 1.29 is 0 Å². The normalized spacial score (nSPS) is 13.2. The fourth-order valence-corrected chi connectivity index (χ4v) is 5.99. The number of rotatable bonds is 4. The van der Waals surface area contributed by atoms with Crippen molar-refractivity contribution in [2.75, 3.05) is 0 Å². The van der Waals surface area contributed by atoms with Crippen LogP contribution in [0.4, 0.5) is 0 Å². The molecule has 0 aromatic heterocycles. The Morgan fingerprint density at radius 2 is 1.15 bits per heavy atom. The van der Waals surface area contributed by atoms with Gasteiger partial charge in [-0.05, 0) is 0 Å². The standard InChI is InChI=1S/C14H16Ge.C4H8B/c1-3-7-13(8-4-1)11-15-12-14-9-5-2-6-10-14;1-2-4-5-3-1/h1-10H,11-12,15H2;1-4H2. The zero-order valence-electron chi connectivity index (χ0n) is 12.3. The first-order chi connectivity index (χ1) is 9.95. The fraction of sp³-hybridized carbons (Fsp3) is 0.333. The molecule has 0 atom stereocenters. The van der Waals surface area contributed by atoms with Crippen LogP contribution in [0.15, 0.2) is 60.7 Å². The summed E-state index contributed by atoms with van der Waals surface area (Å²) in [6.45, 7) is 0. The topological polar surface area (TPSA) is 0 Å². The van der Waals surface area contributed by atoms with Crippen LogP contribution >= 0.6 is 0 Å². The summed E-state index contributed by atoms with van der Waals surface area (Å²) in [6, 6.07) is 21.7. The van der Waals surface area contributed by atoms with Gasteiger partial charge in [-0.3, -0.25) is 0 Å². The minimum atomic E-state index is -0.411. The van der Waals surface area contributed by atoms with Crippen molar-refractivity contribution >= 4 is 22.7 Å². The molecule has 1 heterocycles. The van der Waals surface area contributed by atoms with Gasteiger partial charge in [0, 0.05) is 0 Å². The van der Waals surface area contributed by atoms with Crippen LogP contribution in [0, 0.1) is 0 Å². The van der Waals surface area contributed by atoms with E-state index in [1.165, 1.54) is 47.1 Å². The van der Waals surface area contributed by atoms with Crippen LogP contribution in [0.5, 0.6) is 0 Å². The van der Waals surface area contributed by atoms with Crippen LogP contribution in [-0.4, -0.2) is 22.7 Å². The van der Waals surface area contributed by atoms with Crippen LogP contribution in [0.3, 0.4) is 0 Å². The third-order valence-corrected chi connectivity index (χ3v) is 7.59. The SMILES string of the molecule is [B]1CCCC1.c1ccc([CH2][GeH2][CH2]c2ccccc2)cc1. The Morgan fingerprint density at radius 3 is 1.50 bits per heavy atom. The predicted octanol–water partition coefficient (Wildman–Crippen LogP) is 3.88. The molecule has 2 heteroatoms. The molecule has 0 N–H and O–H groups in total. The number of hydrogen-bond acceptors (Lipinski definition) is 0. The zero-order valence-corrected chi connectivity index (χ0v) is 15.3. The predicted molar refractivity (Wildman–Crippen MR) is 93.4 cm³/mol. The fourth-order valence-electron chi connectivity index (χ4n) is 2.51. The number of benzene rings is 2. The third kappa shape index (κ3) is 6.47. The van der Waals surface area contributed by atoms with Crippen molar-refractivity contribution in [3.05, 3.63) is 71.8 Å². The molecule has 103 valence electrons. The van der Waals surface area contributed by atoms with Gasteiger partial charge in [-0.25, -0.2) is 0 Å². The molecule has 3 rings (SSSR count). The van der Waals surface area contributed by atoms with E-state index in [-0.39, 0.29) is 0 Å². The molecule has 0 unspecified atom stereocenters. The molecule has 0 spiro atoms. The van der Waals surface area contributed by atoms with Gasteiger partial charge in [0.1, 0.15) is 7.28 Å². The minimum absolute atomic E-state index is 0.411. The first kappa shape index (κ1) is 15.4. The maximum absolute atomic E-state index is 2.36. The van der Waals surface area contributed by atoms with Crippen LogP contribution in [0.1, 0.15) is 24.0 Å². The monoisotopic (exact) mass is 325 g/mol. The molecule has 1 aliphatic heterocycles. The Hall–Kier alpha value is -0.952. The van der Waals surface area contributed by atoms with Crippen molar-refractivity contribution in [3.63, 3.8) is 0 Å². The molecular weight excluding hydrogens is 300 g/mol. The Balaban J connectivity index is 0.000000247. The molecule has 1 aliphatic rings. The summed E-state index contributed by atoms with van der Waals surface area (Å²) in [5, 5.41) is 2.73. The van der Waals surface area contributed by atoms with Crippen LogP contribution in [0.25, 0.3) is 0 Å². The molecule has 0 nitrogen and oxygen atoms in total. The Bertz CT molecular complexity index is 404. The molecule has 1 saturated heterocycles. The quantitative estimate of drug-likeness (QED) is 0.749. The number of hydrogen-bond donors (Lipinski definition) is 0. The van der Waals surface area contributed by atoms with E-state index >= 15 is 0 Å². The Kier molecular flexibility index (Phi) is 7.62. The Labute approximate surface area is 130 Å². The molecular formula is C18H24BGe. The average molecular weight is 324 g/mol. The van der Waals surface area contributed by atoms with E-state index in [1.54, 1.807) is 0 Å². The summed E-state index contributed by atoms with van der Waals surface area (Å²) in [6.07, 6.45) is 5.64. The van der Waals surface area contributed by atoms with Gasteiger partial charge < -0.3 is 0 Å². The average Bonchev–Trinajstić information content (AvgIpc) is 3.09. The molecule has 2 aromatic carbocycles. The second-order valence-electron chi connectivity index (χ2n) is 5.40. The van der Waals surface area contributed by atoms with Gasteiger partial charge in [0.05, 0.1) is 0 Å². The maximum atomic E-state index is 2.36. The molecule has 1 fully saturated rings. The van der Waals surface area contributed by atoms with Crippen LogP contribution < -0.4 is 0 Å². The van der Waals surface area contributed by atoms with E-state index < -0.39 is 15.4 Å². The first-order valence-electron chi connectivity index (χ1n) is 7.84. The van der Waals surface area contributed by atoms with Gasteiger partial charge >= 0.3 is 97.7 Å². The van der Waals surface area contributed by atoms with Gasteiger partial charge in [0.25, 0.3) is 0 Å². The van der Waals surface area contributed by atoms with Crippen molar-refractivity contribution in [2.24, 2.45) is 0 Å². The third-order valence-electron chi connectivity index (χ3n) is 3.68. The van der Waals surface area contributed by atoms with E-state index in [9.17, 15) is 0 Å². The van der Waals surface area contributed by atoms with Crippen molar-refractivity contribution in [3.8, 4) is 0 Å². The van der Waals surface area contributed by atoms with Crippen LogP contribution in [-0.2, 0) is 10.5 Å². The summed E-state index contributed by atoms with van der Waals surface area (Å²) < 4.78 is 0.